The number of anilines is 1. The number of carbonyl (C=O) groups excluding carboxylic acids is 1. The molecule has 0 fully saturated rings. The number of carbonyl (C=O) groups is 1. The Labute approximate surface area is 148 Å². The second-order valence-electron chi connectivity index (χ2n) is 5.04. The predicted octanol–water partition coefficient (Wildman–Crippen LogP) is 3.98. The van der Waals surface area contributed by atoms with Gasteiger partial charge in [0, 0.05) is 19.2 Å². The van der Waals surface area contributed by atoms with Crippen LogP contribution in [-0.4, -0.2) is 42.5 Å². The first-order chi connectivity index (χ1) is 11.6. The smallest absolute Gasteiger partial charge is 0.259 e. The zero-order valence-corrected chi connectivity index (χ0v) is 15.5. The van der Waals surface area contributed by atoms with Crippen molar-refractivity contribution in [2.75, 3.05) is 31.9 Å². The fourth-order valence-electron chi connectivity index (χ4n) is 2.02. The molecule has 0 spiro atoms. The summed E-state index contributed by atoms with van der Waals surface area (Å²) in [6.45, 7) is 4.90. The molecular weight excluding hydrogens is 324 g/mol. The van der Waals surface area contributed by atoms with E-state index < -0.39 is 0 Å². The van der Waals surface area contributed by atoms with E-state index in [1.807, 2.05) is 44.4 Å². The topological polar surface area (TPSA) is 61.8 Å². The highest BCUT2D eigenvalue weighted by Gasteiger charge is 2.13. The maximum atomic E-state index is 12.2. The van der Waals surface area contributed by atoms with Gasteiger partial charge in [0.1, 0.15) is 12.4 Å². The monoisotopic (exact) mass is 350 g/mol. The normalized spacial score (nSPS) is 12.0. The zero-order chi connectivity index (χ0) is 17.9. The van der Waals surface area contributed by atoms with E-state index in [4.69, 9.17) is 4.74 Å². The maximum Gasteiger partial charge on any atom is 0.259 e. The first-order valence-electron chi connectivity index (χ1n) is 7.91. The van der Waals surface area contributed by atoms with Gasteiger partial charge in [-0.25, -0.2) is 0 Å². The van der Waals surface area contributed by atoms with E-state index in [1.165, 1.54) is 11.8 Å². The lowest BCUT2D eigenvalue weighted by Gasteiger charge is -2.16. The van der Waals surface area contributed by atoms with Crippen LogP contribution in [-0.2, 0) is 9.53 Å². The van der Waals surface area contributed by atoms with Crippen molar-refractivity contribution in [2.45, 2.75) is 20.3 Å². The summed E-state index contributed by atoms with van der Waals surface area (Å²) in [7, 11) is 1.78. The Morgan fingerprint density at radius 2 is 2.04 bits per heavy atom. The summed E-state index contributed by atoms with van der Waals surface area (Å²) in [5.74, 6) is 0.662. The summed E-state index contributed by atoms with van der Waals surface area (Å²) in [6.07, 6.45) is 6.41. The maximum absolute atomic E-state index is 12.2. The molecule has 0 unspecified atom stereocenters. The minimum absolute atomic E-state index is 0.00736. The van der Waals surface area contributed by atoms with E-state index in [0.717, 1.165) is 12.0 Å². The van der Waals surface area contributed by atoms with Crippen LogP contribution in [0.4, 0.5) is 5.69 Å². The molecule has 0 radical (unpaired) electrons. The molecule has 0 aliphatic rings. The van der Waals surface area contributed by atoms with E-state index in [9.17, 15) is 10.0 Å². The molecule has 1 aromatic rings. The van der Waals surface area contributed by atoms with E-state index in [0.29, 0.717) is 22.9 Å². The number of allylic oxidation sites excluding steroid dienone is 1. The van der Waals surface area contributed by atoms with E-state index in [1.54, 1.807) is 24.1 Å². The lowest BCUT2D eigenvalue weighted by molar-refractivity contribution is -0.124. The van der Waals surface area contributed by atoms with Crippen molar-refractivity contribution in [1.29, 1.82) is 0 Å². The minimum Gasteiger partial charge on any atom is -0.489 e. The van der Waals surface area contributed by atoms with Crippen LogP contribution < -0.4 is 5.48 Å². The number of hydrogen-bond donors (Lipinski definition) is 2. The predicted molar refractivity (Wildman–Crippen MR) is 101 cm³/mol. The van der Waals surface area contributed by atoms with Crippen molar-refractivity contribution in [3.8, 4) is 0 Å². The molecule has 0 saturated heterocycles. The summed E-state index contributed by atoms with van der Waals surface area (Å²) >= 11 is 1.41. The highest BCUT2D eigenvalue weighted by Crippen LogP contribution is 2.25. The van der Waals surface area contributed by atoms with Crippen molar-refractivity contribution in [2.24, 2.45) is 0 Å². The third-order valence-electron chi connectivity index (χ3n) is 3.46. The zero-order valence-electron chi connectivity index (χ0n) is 14.7. The van der Waals surface area contributed by atoms with Gasteiger partial charge in [-0.3, -0.25) is 15.5 Å². The van der Waals surface area contributed by atoms with Gasteiger partial charge in [0.2, 0.25) is 0 Å². The second kappa shape index (κ2) is 10.8. The van der Waals surface area contributed by atoms with Gasteiger partial charge < -0.3 is 9.64 Å². The first kappa shape index (κ1) is 20.1. The quantitative estimate of drug-likeness (QED) is 0.401. The van der Waals surface area contributed by atoms with Gasteiger partial charge in [-0.1, -0.05) is 19.1 Å². The van der Waals surface area contributed by atoms with Crippen molar-refractivity contribution in [3.05, 3.63) is 46.9 Å². The molecule has 0 saturated carbocycles. The number of thioether (sulfide) groups is 1. The molecule has 0 atom stereocenters. The average Bonchev–Trinajstić information content (AvgIpc) is 2.63. The number of ether oxygens (including phenoxy) is 1. The van der Waals surface area contributed by atoms with Crippen LogP contribution in [0.15, 0.2) is 41.3 Å². The third kappa shape index (κ3) is 5.62. The molecule has 0 heterocycles. The van der Waals surface area contributed by atoms with Crippen LogP contribution in [0.1, 0.15) is 25.8 Å². The van der Waals surface area contributed by atoms with Crippen molar-refractivity contribution in [1.82, 2.24) is 4.90 Å². The van der Waals surface area contributed by atoms with E-state index in [2.05, 4.69) is 5.48 Å². The van der Waals surface area contributed by atoms with Gasteiger partial charge >= 0.3 is 0 Å². The van der Waals surface area contributed by atoms with Crippen LogP contribution in [0.5, 0.6) is 0 Å². The number of para-hydroxylation sites is 1. The Kier molecular flexibility index (Phi) is 9.04. The fourth-order valence-corrected chi connectivity index (χ4v) is 2.59. The number of benzene rings is 1. The summed E-state index contributed by atoms with van der Waals surface area (Å²) in [5.41, 5.74) is 3.54. The Bertz CT molecular complexity index is 600. The fraction of sp³-hybridized carbons (Fsp3) is 0.389. The molecule has 2 N–H and O–H groups in total. The number of likely N-dealkylation sites (N-methyl/N-ethyl adjacent to an activating group) is 1. The standard InChI is InChI=1S/C18H26N2O3S/c1-5-9-16(14-10-7-8-11-15(14)19-22)23-13-12-17(24-4)18(21)20(3)6-2/h7-12,19,22H,5-6,13H2,1-4H3/b16-9-,17-12-. The van der Waals surface area contributed by atoms with E-state index >= 15 is 0 Å². The van der Waals surface area contributed by atoms with Gasteiger partial charge in [-0.2, -0.15) is 0 Å². The van der Waals surface area contributed by atoms with Crippen LogP contribution >= 0.6 is 11.8 Å². The number of amides is 1. The molecule has 1 rings (SSSR count). The molecule has 0 aliphatic heterocycles. The van der Waals surface area contributed by atoms with Crippen molar-refractivity contribution >= 4 is 29.1 Å². The SMILES string of the molecule is CC/C=C(\OC/C=C(\SC)C(=O)N(C)CC)c1ccccc1NO. The van der Waals surface area contributed by atoms with Crippen molar-refractivity contribution in [3.63, 3.8) is 0 Å². The van der Waals surface area contributed by atoms with Gasteiger partial charge in [-0.15, -0.1) is 11.8 Å². The van der Waals surface area contributed by atoms with Crippen LogP contribution in [0.25, 0.3) is 5.76 Å². The number of hydrogen-bond acceptors (Lipinski definition) is 5. The van der Waals surface area contributed by atoms with E-state index in [-0.39, 0.29) is 12.5 Å². The molecule has 0 bridgehead atoms. The average molecular weight is 350 g/mol. The first-order valence-corrected chi connectivity index (χ1v) is 9.13. The second-order valence-corrected chi connectivity index (χ2v) is 5.88. The summed E-state index contributed by atoms with van der Waals surface area (Å²) < 4.78 is 5.86. The summed E-state index contributed by atoms with van der Waals surface area (Å²) in [4.78, 5) is 14.5. The van der Waals surface area contributed by atoms with Crippen LogP contribution in [0.2, 0.25) is 0 Å². The molecule has 6 heteroatoms. The molecular formula is C18H26N2O3S. The third-order valence-corrected chi connectivity index (χ3v) is 4.24. The lowest BCUT2D eigenvalue weighted by atomic mass is 10.1. The van der Waals surface area contributed by atoms with Crippen molar-refractivity contribution < 1.29 is 14.7 Å². The summed E-state index contributed by atoms with van der Waals surface area (Å²) in [6, 6.07) is 7.35. The number of rotatable bonds is 9. The Morgan fingerprint density at radius 1 is 1.33 bits per heavy atom. The molecule has 0 aliphatic carbocycles. The minimum atomic E-state index is -0.00736. The summed E-state index contributed by atoms with van der Waals surface area (Å²) in [5, 5.41) is 9.25. The van der Waals surface area contributed by atoms with Gasteiger partial charge in [0.05, 0.1) is 10.6 Å². The molecule has 24 heavy (non-hydrogen) atoms. The lowest BCUT2D eigenvalue weighted by Crippen LogP contribution is -2.26. The molecule has 132 valence electrons. The largest absolute Gasteiger partial charge is 0.489 e. The van der Waals surface area contributed by atoms with Gasteiger partial charge in [0.15, 0.2) is 0 Å². The Hall–Kier alpha value is -1.92. The van der Waals surface area contributed by atoms with Crippen LogP contribution in [0.3, 0.4) is 0 Å². The number of nitrogens with zero attached hydrogens (tertiary/aromatic N) is 1. The van der Waals surface area contributed by atoms with Gasteiger partial charge in [0.25, 0.3) is 5.91 Å². The Balaban J connectivity index is 2.89. The molecule has 0 aromatic heterocycles. The number of nitrogens with one attached hydrogen (secondary N) is 1. The highest BCUT2D eigenvalue weighted by atomic mass is 32.2. The molecule has 1 aromatic carbocycles. The molecule has 1 amide bonds. The Morgan fingerprint density at radius 3 is 2.62 bits per heavy atom. The van der Waals surface area contributed by atoms with Gasteiger partial charge in [-0.05, 0) is 43.9 Å². The van der Waals surface area contributed by atoms with Crippen LogP contribution in [0, 0.1) is 0 Å². The molecule has 5 nitrogen and oxygen atoms in total. The highest BCUT2D eigenvalue weighted by molar-refractivity contribution is 8.03.